The van der Waals surface area contributed by atoms with Crippen LogP contribution in [0.25, 0.3) is 0 Å². The first-order valence-electron chi connectivity index (χ1n) is 4.96. The third-order valence-corrected chi connectivity index (χ3v) is 3.19. The Balaban J connectivity index is 2.37. The summed E-state index contributed by atoms with van der Waals surface area (Å²) in [6.45, 7) is 0.390. The van der Waals surface area contributed by atoms with Gasteiger partial charge in [-0.3, -0.25) is 4.79 Å². The van der Waals surface area contributed by atoms with Crippen molar-refractivity contribution in [3.05, 3.63) is 28.8 Å². The first kappa shape index (κ1) is 12.2. The van der Waals surface area contributed by atoms with Gasteiger partial charge in [-0.05, 0) is 18.2 Å². The summed E-state index contributed by atoms with van der Waals surface area (Å²) >= 11 is 11.6. The molecule has 0 aliphatic carbocycles. The molecule has 1 saturated heterocycles. The number of alkyl halides is 1. The number of nitrogens with zero attached hydrogens (tertiary/aromatic N) is 1. The second-order valence-corrected chi connectivity index (χ2v) is 4.80. The van der Waals surface area contributed by atoms with Crippen molar-refractivity contribution in [2.45, 2.75) is 11.8 Å². The number of hydrogen-bond acceptors (Lipinski definition) is 2. The van der Waals surface area contributed by atoms with E-state index in [0.717, 1.165) is 0 Å². The van der Waals surface area contributed by atoms with E-state index in [1.54, 1.807) is 6.07 Å². The monoisotopic (exact) mass is 273 g/mol. The maximum atomic E-state index is 11.6. The molecule has 1 unspecified atom stereocenters. The van der Waals surface area contributed by atoms with E-state index in [0.29, 0.717) is 12.2 Å². The molecule has 1 N–H and O–H groups in total. The van der Waals surface area contributed by atoms with Crippen LogP contribution in [0.15, 0.2) is 18.2 Å². The molecule has 0 spiro atoms. The van der Waals surface area contributed by atoms with Crippen LogP contribution >= 0.6 is 23.2 Å². The molecule has 0 radical (unpaired) electrons. The van der Waals surface area contributed by atoms with Crippen molar-refractivity contribution in [3.8, 4) is 0 Å². The molecule has 2 rings (SSSR count). The molecule has 1 aromatic carbocycles. The van der Waals surface area contributed by atoms with Crippen LogP contribution in [0.3, 0.4) is 0 Å². The molecule has 1 fully saturated rings. The number of carbonyl (C=O) groups excluding carboxylic acids is 1. The molecule has 1 amide bonds. The Hall–Kier alpha value is -1.26. The van der Waals surface area contributed by atoms with Crippen molar-refractivity contribution < 1.29 is 14.7 Å². The molecular formula is C11H9Cl2NO3. The number of rotatable bonds is 2. The minimum absolute atomic E-state index is 0.0185. The fraction of sp³-hybridized carbons (Fsp3) is 0.273. The van der Waals surface area contributed by atoms with E-state index in [1.165, 1.54) is 17.0 Å². The van der Waals surface area contributed by atoms with Gasteiger partial charge in [-0.15, -0.1) is 11.6 Å². The molecule has 1 aliphatic heterocycles. The van der Waals surface area contributed by atoms with Crippen LogP contribution in [0.2, 0.25) is 5.02 Å². The third-order valence-electron chi connectivity index (χ3n) is 2.57. The zero-order valence-electron chi connectivity index (χ0n) is 8.69. The maximum Gasteiger partial charge on any atom is 0.337 e. The van der Waals surface area contributed by atoms with Crippen molar-refractivity contribution >= 4 is 40.8 Å². The van der Waals surface area contributed by atoms with Crippen LogP contribution in [0.1, 0.15) is 16.8 Å². The first-order valence-corrected chi connectivity index (χ1v) is 5.77. The summed E-state index contributed by atoms with van der Waals surface area (Å²) in [5, 5.41) is 8.86. The van der Waals surface area contributed by atoms with Gasteiger partial charge >= 0.3 is 5.97 Å². The van der Waals surface area contributed by atoms with Gasteiger partial charge in [-0.1, -0.05) is 11.6 Å². The van der Waals surface area contributed by atoms with E-state index < -0.39 is 5.97 Å². The smallest absolute Gasteiger partial charge is 0.337 e. The number of carboxylic acid groups (broad SMARTS) is 1. The van der Waals surface area contributed by atoms with Gasteiger partial charge in [-0.25, -0.2) is 4.79 Å². The van der Waals surface area contributed by atoms with Crippen molar-refractivity contribution in [1.29, 1.82) is 0 Å². The van der Waals surface area contributed by atoms with Gasteiger partial charge in [0.2, 0.25) is 5.91 Å². The van der Waals surface area contributed by atoms with Crippen LogP contribution < -0.4 is 4.90 Å². The number of carbonyl (C=O) groups is 2. The molecule has 0 aromatic heterocycles. The Morgan fingerprint density at radius 2 is 2.18 bits per heavy atom. The molecule has 4 nitrogen and oxygen atoms in total. The fourth-order valence-corrected chi connectivity index (χ4v) is 2.23. The van der Waals surface area contributed by atoms with Crippen LogP contribution in [0, 0.1) is 0 Å². The van der Waals surface area contributed by atoms with Gasteiger partial charge in [-0.2, -0.15) is 0 Å². The molecule has 0 bridgehead atoms. The highest BCUT2D eigenvalue weighted by atomic mass is 35.5. The Bertz CT molecular complexity index is 490. The minimum Gasteiger partial charge on any atom is -0.478 e. The lowest BCUT2D eigenvalue weighted by Gasteiger charge is -2.16. The lowest BCUT2D eigenvalue weighted by atomic mass is 10.2. The van der Waals surface area contributed by atoms with Crippen LogP contribution in [0.4, 0.5) is 5.69 Å². The van der Waals surface area contributed by atoms with E-state index in [9.17, 15) is 9.59 Å². The number of carboxylic acids is 1. The predicted octanol–water partition coefficient (Wildman–Crippen LogP) is 2.38. The van der Waals surface area contributed by atoms with Crippen LogP contribution in [-0.4, -0.2) is 28.9 Å². The predicted molar refractivity (Wildman–Crippen MR) is 65.0 cm³/mol. The molecule has 6 heteroatoms. The number of hydrogen-bond donors (Lipinski definition) is 1. The van der Waals surface area contributed by atoms with Gasteiger partial charge < -0.3 is 10.0 Å². The molecule has 1 aromatic rings. The lowest BCUT2D eigenvalue weighted by Crippen LogP contribution is -2.24. The van der Waals surface area contributed by atoms with Crippen LogP contribution in [-0.2, 0) is 4.79 Å². The zero-order valence-corrected chi connectivity index (χ0v) is 10.2. The van der Waals surface area contributed by atoms with Gasteiger partial charge in [0, 0.05) is 18.7 Å². The molecule has 1 atom stereocenters. The summed E-state index contributed by atoms with van der Waals surface area (Å²) in [6, 6.07) is 4.47. The molecule has 1 aliphatic rings. The minimum atomic E-state index is -1.12. The summed E-state index contributed by atoms with van der Waals surface area (Å²) in [7, 11) is 0. The van der Waals surface area contributed by atoms with E-state index in [4.69, 9.17) is 28.3 Å². The van der Waals surface area contributed by atoms with Crippen molar-refractivity contribution in [3.63, 3.8) is 0 Å². The molecule has 1 heterocycles. The molecule has 90 valence electrons. The quantitative estimate of drug-likeness (QED) is 0.842. The number of anilines is 1. The maximum absolute atomic E-state index is 11.6. The SMILES string of the molecule is O=C(O)c1cc(N2CC(Cl)CC2=O)ccc1Cl. The van der Waals surface area contributed by atoms with Crippen LogP contribution in [0.5, 0.6) is 0 Å². The second kappa shape index (κ2) is 4.55. The summed E-state index contributed by atoms with van der Waals surface area (Å²) in [6.07, 6.45) is 0.270. The number of amides is 1. The molecular weight excluding hydrogens is 265 g/mol. The van der Waals surface area contributed by atoms with E-state index >= 15 is 0 Å². The Morgan fingerprint density at radius 3 is 2.71 bits per heavy atom. The molecule has 17 heavy (non-hydrogen) atoms. The number of benzene rings is 1. The second-order valence-electron chi connectivity index (χ2n) is 3.78. The average molecular weight is 274 g/mol. The number of aromatic carboxylic acids is 1. The lowest BCUT2D eigenvalue weighted by molar-refractivity contribution is -0.117. The molecule has 0 saturated carbocycles. The summed E-state index contributed by atoms with van der Waals surface area (Å²) in [5.74, 6) is -1.23. The Morgan fingerprint density at radius 1 is 1.47 bits per heavy atom. The number of halogens is 2. The largest absolute Gasteiger partial charge is 0.478 e. The van der Waals surface area contributed by atoms with Gasteiger partial charge in [0.1, 0.15) is 0 Å². The summed E-state index contributed by atoms with van der Waals surface area (Å²) < 4.78 is 0. The van der Waals surface area contributed by atoms with E-state index in [1.807, 2.05) is 0 Å². The highest BCUT2D eigenvalue weighted by molar-refractivity contribution is 6.33. The summed E-state index contributed by atoms with van der Waals surface area (Å²) in [5.41, 5.74) is 0.495. The van der Waals surface area contributed by atoms with Gasteiger partial charge in [0.15, 0.2) is 0 Å². The normalized spacial score (nSPS) is 19.8. The average Bonchev–Trinajstić information content (AvgIpc) is 2.58. The highest BCUT2D eigenvalue weighted by Gasteiger charge is 2.29. The fourth-order valence-electron chi connectivity index (χ4n) is 1.76. The Kier molecular flexibility index (Phi) is 3.26. The van der Waals surface area contributed by atoms with Crippen molar-refractivity contribution in [2.75, 3.05) is 11.4 Å². The third kappa shape index (κ3) is 2.37. The summed E-state index contributed by atoms with van der Waals surface area (Å²) in [4.78, 5) is 24.0. The van der Waals surface area contributed by atoms with E-state index in [2.05, 4.69) is 0 Å². The van der Waals surface area contributed by atoms with Crippen molar-refractivity contribution in [1.82, 2.24) is 0 Å². The van der Waals surface area contributed by atoms with Gasteiger partial charge in [0.05, 0.1) is 16.0 Å². The van der Waals surface area contributed by atoms with Crippen molar-refractivity contribution in [2.24, 2.45) is 0 Å². The topological polar surface area (TPSA) is 57.6 Å². The van der Waals surface area contributed by atoms with E-state index in [-0.39, 0.29) is 28.3 Å². The first-order chi connectivity index (χ1) is 7.99. The highest BCUT2D eigenvalue weighted by Crippen LogP contribution is 2.28. The zero-order chi connectivity index (χ0) is 12.6. The standard InChI is InChI=1S/C11H9Cl2NO3/c12-6-3-10(15)14(5-6)7-1-2-9(13)8(4-7)11(16)17/h1-2,4,6H,3,5H2,(H,16,17). The van der Waals surface area contributed by atoms with Gasteiger partial charge in [0.25, 0.3) is 0 Å². The Labute approximate surface area is 108 Å².